The molecule has 3 N–H and O–H groups in total. The maximum absolute atomic E-state index is 13.1. The molecule has 6 nitrogen and oxygen atoms in total. The smallest absolute Gasteiger partial charge is 0.279 e. The Morgan fingerprint density at radius 2 is 2.08 bits per heavy atom. The number of hydrogen-bond donors (Lipinski definition) is 3. The van der Waals surface area contributed by atoms with Crippen LogP contribution < -0.4 is 15.5 Å². The number of amides is 2. The number of halogens is 1. The Morgan fingerprint density at radius 3 is 2.80 bits per heavy atom. The van der Waals surface area contributed by atoms with Crippen LogP contribution in [0.2, 0.25) is 0 Å². The van der Waals surface area contributed by atoms with Crippen molar-refractivity contribution in [2.24, 2.45) is 0 Å². The van der Waals surface area contributed by atoms with Gasteiger partial charge in [0.25, 0.3) is 5.91 Å². The van der Waals surface area contributed by atoms with Gasteiger partial charge in [-0.05, 0) is 29.6 Å². The standard InChI is InChI=1S/C17H17FN4O2S/c1-22(11-16(24)20-14-4-2-3-13(18)9-14)7-5-15(23)21-17-12(10-19)6-8-25-17/h2-4,6,8-9H,5,7,11H2,1H3,(H,20,24)(H,21,23)/p+1. The minimum Gasteiger partial charge on any atom is -0.329 e. The Morgan fingerprint density at radius 1 is 1.28 bits per heavy atom. The summed E-state index contributed by atoms with van der Waals surface area (Å²) in [5.74, 6) is -0.877. The van der Waals surface area contributed by atoms with Gasteiger partial charge in [-0.2, -0.15) is 5.26 Å². The summed E-state index contributed by atoms with van der Waals surface area (Å²) >= 11 is 1.29. The van der Waals surface area contributed by atoms with Crippen molar-refractivity contribution in [3.63, 3.8) is 0 Å². The maximum atomic E-state index is 13.1. The van der Waals surface area contributed by atoms with Gasteiger partial charge in [-0.1, -0.05) is 6.07 Å². The number of thiophene rings is 1. The van der Waals surface area contributed by atoms with E-state index >= 15 is 0 Å². The van der Waals surface area contributed by atoms with Crippen LogP contribution in [0.25, 0.3) is 0 Å². The molecule has 1 heterocycles. The lowest BCUT2D eigenvalue weighted by Crippen LogP contribution is -3.10. The molecule has 8 heteroatoms. The number of carbonyl (C=O) groups is 2. The van der Waals surface area contributed by atoms with E-state index in [0.717, 1.165) is 4.90 Å². The molecule has 1 aromatic carbocycles. The second-order valence-corrected chi connectivity index (χ2v) is 6.43. The molecule has 0 aliphatic rings. The van der Waals surface area contributed by atoms with E-state index in [-0.39, 0.29) is 24.8 Å². The molecule has 0 aliphatic heterocycles. The van der Waals surface area contributed by atoms with Gasteiger partial charge >= 0.3 is 0 Å². The van der Waals surface area contributed by atoms with E-state index in [1.165, 1.54) is 29.5 Å². The third-order valence-electron chi connectivity index (χ3n) is 3.39. The molecule has 25 heavy (non-hydrogen) atoms. The molecule has 2 amide bonds. The number of likely N-dealkylation sites (N-methyl/N-ethyl adjacent to an activating group) is 1. The van der Waals surface area contributed by atoms with Crippen LogP contribution in [0.4, 0.5) is 15.1 Å². The number of anilines is 2. The Hall–Kier alpha value is -2.76. The topological polar surface area (TPSA) is 86.4 Å². The Bertz CT molecular complexity index is 800. The van der Waals surface area contributed by atoms with Crippen LogP contribution in [-0.4, -0.2) is 32.0 Å². The molecule has 0 aliphatic carbocycles. The highest BCUT2D eigenvalue weighted by Gasteiger charge is 2.14. The average molecular weight is 361 g/mol. The van der Waals surface area contributed by atoms with Gasteiger partial charge in [0.1, 0.15) is 16.9 Å². The zero-order valence-corrected chi connectivity index (χ0v) is 14.5. The van der Waals surface area contributed by atoms with Crippen molar-refractivity contribution >= 4 is 33.8 Å². The quantitative estimate of drug-likeness (QED) is 0.694. The number of carbonyl (C=O) groups excluding carboxylic acids is 2. The van der Waals surface area contributed by atoms with Crippen molar-refractivity contribution in [3.05, 3.63) is 47.1 Å². The molecule has 0 saturated heterocycles. The zero-order chi connectivity index (χ0) is 18.2. The van der Waals surface area contributed by atoms with Crippen molar-refractivity contribution in [2.75, 3.05) is 30.8 Å². The molecule has 1 aromatic heterocycles. The van der Waals surface area contributed by atoms with Gasteiger partial charge in [-0.3, -0.25) is 9.59 Å². The minimum atomic E-state index is -0.416. The van der Waals surface area contributed by atoms with Crippen LogP contribution >= 0.6 is 11.3 Å². The minimum absolute atomic E-state index is 0.159. The summed E-state index contributed by atoms with van der Waals surface area (Å²) in [5, 5.41) is 16.5. The number of nitrogens with zero attached hydrogens (tertiary/aromatic N) is 1. The van der Waals surface area contributed by atoms with E-state index in [1.807, 2.05) is 6.07 Å². The van der Waals surface area contributed by atoms with Crippen LogP contribution in [0.5, 0.6) is 0 Å². The van der Waals surface area contributed by atoms with Gasteiger partial charge < -0.3 is 15.5 Å². The average Bonchev–Trinajstić information content (AvgIpc) is 3.00. The summed E-state index contributed by atoms with van der Waals surface area (Å²) < 4.78 is 13.1. The van der Waals surface area contributed by atoms with Gasteiger partial charge in [0, 0.05) is 5.69 Å². The molecule has 1 atom stereocenters. The predicted molar refractivity (Wildman–Crippen MR) is 93.9 cm³/mol. The number of benzene rings is 1. The third kappa shape index (κ3) is 5.99. The molecule has 130 valence electrons. The second kappa shape index (κ2) is 8.92. The van der Waals surface area contributed by atoms with Crippen molar-refractivity contribution in [1.29, 1.82) is 5.26 Å². The molecule has 2 aromatic rings. The number of nitriles is 1. The number of quaternary nitrogens is 1. The number of hydrogen-bond acceptors (Lipinski definition) is 4. The Labute approximate surface area is 148 Å². The normalized spacial score (nSPS) is 11.4. The molecule has 0 fully saturated rings. The first kappa shape index (κ1) is 18.6. The lowest BCUT2D eigenvalue weighted by Gasteiger charge is -2.13. The number of rotatable bonds is 7. The van der Waals surface area contributed by atoms with Crippen LogP contribution in [0, 0.1) is 17.1 Å². The molecule has 0 saturated carbocycles. The van der Waals surface area contributed by atoms with Crippen molar-refractivity contribution < 1.29 is 18.9 Å². The highest BCUT2D eigenvalue weighted by molar-refractivity contribution is 7.14. The first-order valence-electron chi connectivity index (χ1n) is 7.62. The summed E-state index contributed by atoms with van der Waals surface area (Å²) in [7, 11) is 1.80. The van der Waals surface area contributed by atoms with Crippen LogP contribution in [0.15, 0.2) is 35.7 Å². The number of nitrogens with one attached hydrogen (secondary N) is 3. The lowest BCUT2D eigenvalue weighted by molar-refractivity contribution is -0.870. The molecule has 1 unspecified atom stereocenters. The van der Waals surface area contributed by atoms with Gasteiger partial charge in [0.15, 0.2) is 6.54 Å². The summed E-state index contributed by atoms with van der Waals surface area (Å²) in [6.45, 7) is 0.613. The molecule has 2 rings (SSSR count). The monoisotopic (exact) mass is 361 g/mol. The zero-order valence-electron chi connectivity index (χ0n) is 13.6. The van der Waals surface area contributed by atoms with Crippen LogP contribution in [-0.2, 0) is 9.59 Å². The van der Waals surface area contributed by atoms with E-state index in [1.54, 1.807) is 24.6 Å². The molecular weight excluding hydrogens is 343 g/mol. The van der Waals surface area contributed by atoms with Gasteiger partial charge in [-0.15, -0.1) is 11.3 Å². The first-order valence-corrected chi connectivity index (χ1v) is 8.50. The van der Waals surface area contributed by atoms with Crippen molar-refractivity contribution in [2.45, 2.75) is 6.42 Å². The van der Waals surface area contributed by atoms with Gasteiger partial charge in [-0.25, -0.2) is 4.39 Å². The Balaban J connectivity index is 1.74. The first-order chi connectivity index (χ1) is 12.0. The van der Waals surface area contributed by atoms with Gasteiger partial charge in [0.2, 0.25) is 5.91 Å². The Kier molecular flexibility index (Phi) is 6.62. The molecule has 0 spiro atoms. The van der Waals surface area contributed by atoms with Gasteiger partial charge in [0.05, 0.1) is 25.6 Å². The molecular formula is C17H18FN4O2S+. The molecule has 0 bridgehead atoms. The van der Waals surface area contributed by atoms with Crippen molar-refractivity contribution in [1.82, 2.24) is 0 Å². The fraction of sp³-hybridized carbons (Fsp3) is 0.235. The second-order valence-electron chi connectivity index (χ2n) is 5.52. The summed E-state index contributed by atoms with van der Waals surface area (Å²) in [6, 6.07) is 9.33. The summed E-state index contributed by atoms with van der Waals surface area (Å²) in [6.07, 6.45) is 0.224. The van der Waals surface area contributed by atoms with E-state index in [0.29, 0.717) is 22.8 Å². The van der Waals surface area contributed by atoms with Crippen LogP contribution in [0.3, 0.4) is 0 Å². The third-order valence-corrected chi connectivity index (χ3v) is 4.22. The van der Waals surface area contributed by atoms with E-state index in [4.69, 9.17) is 5.26 Å². The maximum Gasteiger partial charge on any atom is 0.279 e. The van der Waals surface area contributed by atoms with E-state index < -0.39 is 5.82 Å². The fourth-order valence-electron chi connectivity index (χ4n) is 2.14. The van der Waals surface area contributed by atoms with Crippen LogP contribution in [0.1, 0.15) is 12.0 Å². The SMILES string of the molecule is C[NH+](CCC(=O)Nc1sccc1C#N)CC(=O)Nc1cccc(F)c1. The molecule has 0 radical (unpaired) electrons. The van der Waals surface area contributed by atoms with E-state index in [2.05, 4.69) is 10.6 Å². The van der Waals surface area contributed by atoms with E-state index in [9.17, 15) is 14.0 Å². The highest BCUT2D eigenvalue weighted by Crippen LogP contribution is 2.21. The predicted octanol–water partition coefficient (Wildman–Crippen LogP) is 1.24. The summed E-state index contributed by atoms with van der Waals surface area (Å²) in [4.78, 5) is 24.7. The van der Waals surface area contributed by atoms with Crippen molar-refractivity contribution in [3.8, 4) is 6.07 Å². The largest absolute Gasteiger partial charge is 0.329 e. The fourth-order valence-corrected chi connectivity index (χ4v) is 2.90. The summed E-state index contributed by atoms with van der Waals surface area (Å²) in [5.41, 5.74) is 0.839. The lowest BCUT2D eigenvalue weighted by atomic mass is 10.3. The highest BCUT2D eigenvalue weighted by atomic mass is 32.1.